The molecule has 1 heterocycles. The highest BCUT2D eigenvalue weighted by Gasteiger charge is 2.25. The van der Waals surface area contributed by atoms with E-state index in [0.29, 0.717) is 16.3 Å². The Bertz CT molecular complexity index is 1100. The minimum Gasteiger partial charge on any atom is -0.445 e. The van der Waals surface area contributed by atoms with Crippen LogP contribution < -0.4 is 10.6 Å². The fourth-order valence-electron chi connectivity index (χ4n) is 3.07. The quantitative estimate of drug-likeness (QED) is 0.604. The van der Waals surface area contributed by atoms with Crippen LogP contribution in [0.1, 0.15) is 16.7 Å². The van der Waals surface area contributed by atoms with Crippen molar-refractivity contribution in [2.75, 3.05) is 5.32 Å². The Kier molecular flexibility index (Phi) is 5.81. The Morgan fingerprint density at radius 2 is 1.73 bits per heavy atom. The molecule has 7 heteroatoms. The molecule has 0 bridgehead atoms. The van der Waals surface area contributed by atoms with Crippen LogP contribution in [0.5, 0.6) is 0 Å². The zero-order chi connectivity index (χ0) is 20.9. The zero-order valence-electron chi connectivity index (χ0n) is 15.8. The van der Waals surface area contributed by atoms with E-state index < -0.39 is 12.3 Å². The first-order valence-corrected chi connectivity index (χ1v) is 9.72. The van der Waals surface area contributed by atoms with Crippen molar-refractivity contribution in [3.8, 4) is 0 Å². The summed E-state index contributed by atoms with van der Waals surface area (Å²) in [6, 6.07) is 22.9. The minimum absolute atomic E-state index is 0.133. The number of aliphatic imine (C=N–C) groups is 1. The molecule has 0 fully saturated rings. The van der Waals surface area contributed by atoms with Gasteiger partial charge in [0.1, 0.15) is 17.4 Å². The lowest BCUT2D eigenvalue weighted by atomic mass is 10.0. The smallest absolute Gasteiger partial charge is 0.409 e. The van der Waals surface area contributed by atoms with E-state index in [1.807, 2.05) is 54.6 Å². The van der Waals surface area contributed by atoms with Gasteiger partial charge in [-0.15, -0.1) is 0 Å². The standard InChI is InChI=1S/C23H18FN3O2S/c24-17-12-10-16(11-13-17)20-18-8-4-5-9-19(18)25-22(30)21(26-20)27-23(28)29-14-15-6-2-1-3-7-15/h1-13,21H,14H2,(H,25,30)(H,27,28). The van der Waals surface area contributed by atoms with E-state index >= 15 is 0 Å². The van der Waals surface area contributed by atoms with Gasteiger partial charge in [0.2, 0.25) is 0 Å². The van der Waals surface area contributed by atoms with E-state index in [1.54, 1.807) is 12.1 Å². The summed E-state index contributed by atoms with van der Waals surface area (Å²) < 4.78 is 18.7. The predicted molar refractivity (Wildman–Crippen MR) is 118 cm³/mol. The summed E-state index contributed by atoms with van der Waals surface area (Å²) in [5.74, 6) is -0.339. The van der Waals surface area contributed by atoms with Gasteiger partial charge in [-0.1, -0.05) is 60.7 Å². The Morgan fingerprint density at radius 1 is 1.03 bits per heavy atom. The van der Waals surface area contributed by atoms with Gasteiger partial charge in [-0.05, 0) is 35.9 Å². The molecule has 0 aliphatic carbocycles. The average molecular weight is 419 g/mol. The number of hydrogen-bond donors (Lipinski definition) is 2. The molecule has 1 amide bonds. The van der Waals surface area contributed by atoms with Crippen LogP contribution in [0, 0.1) is 5.82 Å². The number of ether oxygens (including phenoxy) is 1. The predicted octanol–water partition coefficient (Wildman–Crippen LogP) is 4.67. The summed E-state index contributed by atoms with van der Waals surface area (Å²) in [6.45, 7) is 0.133. The van der Waals surface area contributed by atoms with Crippen LogP contribution in [0.2, 0.25) is 0 Å². The molecular formula is C23H18FN3O2S. The highest BCUT2D eigenvalue weighted by atomic mass is 32.1. The number of anilines is 1. The summed E-state index contributed by atoms with van der Waals surface area (Å²) in [6.07, 6.45) is -1.48. The lowest BCUT2D eigenvalue weighted by Gasteiger charge is -2.15. The van der Waals surface area contributed by atoms with Gasteiger partial charge in [-0.2, -0.15) is 0 Å². The van der Waals surface area contributed by atoms with Crippen molar-refractivity contribution in [1.82, 2.24) is 5.32 Å². The van der Waals surface area contributed by atoms with E-state index in [-0.39, 0.29) is 12.4 Å². The second kappa shape index (κ2) is 8.84. The molecule has 2 N–H and O–H groups in total. The van der Waals surface area contributed by atoms with Crippen molar-refractivity contribution >= 4 is 34.7 Å². The maximum atomic E-state index is 13.4. The fraction of sp³-hybridized carbons (Fsp3) is 0.0870. The van der Waals surface area contributed by atoms with Crippen molar-refractivity contribution in [3.63, 3.8) is 0 Å². The number of carbonyl (C=O) groups is 1. The molecule has 1 aliphatic heterocycles. The third kappa shape index (κ3) is 4.52. The number of thiocarbonyl (C=S) groups is 1. The van der Waals surface area contributed by atoms with Gasteiger partial charge in [0.15, 0.2) is 6.17 Å². The highest BCUT2D eigenvalue weighted by molar-refractivity contribution is 7.80. The molecule has 5 nitrogen and oxygen atoms in total. The number of benzene rings is 3. The average Bonchev–Trinajstić information content (AvgIpc) is 2.90. The number of rotatable bonds is 4. The number of para-hydroxylation sites is 1. The molecular weight excluding hydrogens is 401 g/mol. The number of nitrogens with one attached hydrogen (secondary N) is 2. The second-order valence-corrected chi connectivity index (χ2v) is 7.07. The van der Waals surface area contributed by atoms with Crippen molar-refractivity contribution in [1.29, 1.82) is 0 Å². The number of halogens is 1. The maximum Gasteiger partial charge on any atom is 0.409 e. The highest BCUT2D eigenvalue weighted by Crippen LogP contribution is 2.24. The summed E-state index contributed by atoms with van der Waals surface area (Å²) in [4.78, 5) is 17.4. The van der Waals surface area contributed by atoms with Crippen LogP contribution in [0.4, 0.5) is 14.9 Å². The molecule has 1 atom stereocenters. The van der Waals surface area contributed by atoms with Gasteiger partial charge in [-0.3, -0.25) is 10.3 Å². The van der Waals surface area contributed by atoms with Gasteiger partial charge >= 0.3 is 6.09 Å². The number of carbonyl (C=O) groups excluding carboxylic acids is 1. The number of fused-ring (bicyclic) bond motifs is 1. The third-order valence-electron chi connectivity index (χ3n) is 4.53. The number of alkyl carbamates (subject to hydrolysis) is 1. The number of amides is 1. The number of benzodiazepines with no additional fused rings is 1. The monoisotopic (exact) mass is 419 g/mol. The van der Waals surface area contributed by atoms with Crippen LogP contribution >= 0.6 is 12.2 Å². The Labute approximate surface area is 178 Å². The Morgan fingerprint density at radius 3 is 2.50 bits per heavy atom. The third-order valence-corrected chi connectivity index (χ3v) is 4.86. The van der Waals surface area contributed by atoms with Gasteiger partial charge in [-0.25, -0.2) is 9.18 Å². The molecule has 0 radical (unpaired) electrons. The van der Waals surface area contributed by atoms with Crippen LogP contribution in [0.3, 0.4) is 0 Å². The first kappa shape index (κ1) is 19.7. The molecule has 0 saturated carbocycles. The van der Waals surface area contributed by atoms with E-state index in [4.69, 9.17) is 17.0 Å². The van der Waals surface area contributed by atoms with E-state index in [1.165, 1.54) is 12.1 Å². The molecule has 3 aromatic rings. The zero-order valence-corrected chi connectivity index (χ0v) is 16.7. The SMILES string of the molecule is O=C(NC1N=C(c2ccc(F)cc2)c2ccccc2NC1=S)OCc1ccccc1. The number of hydrogen-bond acceptors (Lipinski definition) is 4. The molecule has 1 aliphatic rings. The van der Waals surface area contributed by atoms with E-state index in [9.17, 15) is 9.18 Å². The summed E-state index contributed by atoms with van der Waals surface area (Å²) >= 11 is 5.46. The largest absolute Gasteiger partial charge is 0.445 e. The van der Waals surface area contributed by atoms with E-state index in [2.05, 4.69) is 15.6 Å². The lowest BCUT2D eigenvalue weighted by Crippen LogP contribution is -2.41. The Hall–Kier alpha value is -3.58. The van der Waals surface area contributed by atoms with Crippen molar-refractivity contribution in [3.05, 3.63) is 101 Å². The van der Waals surface area contributed by atoms with Crippen LogP contribution in [0.15, 0.2) is 83.9 Å². The summed E-state index contributed by atoms with van der Waals surface area (Å²) in [5, 5.41) is 5.83. The molecule has 30 heavy (non-hydrogen) atoms. The minimum atomic E-state index is -0.837. The molecule has 3 aromatic carbocycles. The molecule has 0 spiro atoms. The number of nitrogens with zero attached hydrogens (tertiary/aromatic N) is 1. The molecule has 0 aromatic heterocycles. The molecule has 1 unspecified atom stereocenters. The molecule has 4 rings (SSSR count). The van der Waals surface area contributed by atoms with Gasteiger partial charge in [0.25, 0.3) is 0 Å². The van der Waals surface area contributed by atoms with Crippen molar-refractivity contribution in [2.45, 2.75) is 12.8 Å². The summed E-state index contributed by atoms with van der Waals surface area (Å²) in [5.41, 5.74) is 3.73. The van der Waals surface area contributed by atoms with Crippen LogP contribution in [0.25, 0.3) is 0 Å². The topological polar surface area (TPSA) is 62.7 Å². The first-order chi connectivity index (χ1) is 14.6. The van der Waals surface area contributed by atoms with Crippen LogP contribution in [-0.2, 0) is 11.3 Å². The van der Waals surface area contributed by atoms with E-state index in [0.717, 1.165) is 16.8 Å². The molecule has 150 valence electrons. The first-order valence-electron chi connectivity index (χ1n) is 9.31. The van der Waals surface area contributed by atoms with Crippen LogP contribution in [-0.4, -0.2) is 23.0 Å². The van der Waals surface area contributed by atoms with Crippen molar-refractivity contribution in [2.24, 2.45) is 4.99 Å². The second-order valence-electron chi connectivity index (χ2n) is 6.63. The van der Waals surface area contributed by atoms with Gasteiger partial charge in [0.05, 0.1) is 5.71 Å². The lowest BCUT2D eigenvalue weighted by molar-refractivity contribution is 0.138. The Balaban J connectivity index is 1.59. The van der Waals surface area contributed by atoms with Gasteiger partial charge < -0.3 is 10.1 Å². The fourth-order valence-corrected chi connectivity index (χ4v) is 3.29. The maximum absolute atomic E-state index is 13.4. The summed E-state index contributed by atoms with van der Waals surface area (Å²) in [7, 11) is 0. The molecule has 0 saturated heterocycles. The normalized spacial score (nSPS) is 15.3. The van der Waals surface area contributed by atoms with Crippen molar-refractivity contribution < 1.29 is 13.9 Å². The van der Waals surface area contributed by atoms with Gasteiger partial charge in [0, 0.05) is 16.8 Å².